The minimum atomic E-state index is -4.25. The Morgan fingerprint density at radius 3 is 1.62 bits per heavy atom. The number of aliphatic hydroxyl groups excluding tert-OH is 2. The van der Waals surface area contributed by atoms with Crippen molar-refractivity contribution in [2.75, 3.05) is 12.4 Å². The number of sulfone groups is 1. The second kappa shape index (κ2) is 13.6. The lowest BCUT2D eigenvalue weighted by Crippen LogP contribution is -2.57. The smallest absolute Gasteiger partial charge is 0.252 e. The van der Waals surface area contributed by atoms with Crippen LogP contribution in [0.25, 0.3) is 0 Å². The Labute approximate surface area is 158 Å². The highest BCUT2D eigenvalue weighted by Gasteiger charge is 2.51. The van der Waals surface area contributed by atoms with Crippen molar-refractivity contribution in [3.63, 3.8) is 0 Å². The first kappa shape index (κ1) is 25.5. The van der Waals surface area contributed by atoms with Gasteiger partial charge in [0.2, 0.25) is 0 Å². The van der Waals surface area contributed by atoms with Crippen molar-refractivity contribution >= 4 is 15.6 Å². The highest BCUT2D eigenvalue weighted by molar-refractivity contribution is 7.93. The van der Waals surface area contributed by atoms with Crippen LogP contribution < -0.4 is 0 Å². The van der Waals surface area contributed by atoms with E-state index >= 15 is 0 Å². The second-order valence-electron chi connectivity index (χ2n) is 7.16. The van der Waals surface area contributed by atoms with Crippen LogP contribution in [0, 0.1) is 0 Å². The minimum absolute atomic E-state index is 0.326. The van der Waals surface area contributed by atoms with E-state index in [2.05, 4.69) is 6.92 Å². The molecule has 0 aliphatic rings. The van der Waals surface area contributed by atoms with Gasteiger partial charge in [0, 0.05) is 0 Å². The Hall–Kier alpha value is -0.500. The molecule has 0 aromatic heterocycles. The van der Waals surface area contributed by atoms with Gasteiger partial charge in [0.05, 0.1) is 12.4 Å². The maximum Gasteiger partial charge on any atom is 0.252 e. The van der Waals surface area contributed by atoms with E-state index < -0.39 is 33.3 Å². The molecule has 0 radical (unpaired) electrons. The van der Waals surface area contributed by atoms with Gasteiger partial charge in [0.25, 0.3) is 4.93 Å². The molecule has 0 saturated heterocycles. The maximum absolute atomic E-state index is 12.2. The lowest BCUT2D eigenvalue weighted by Gasteiger charge is -2.28. The summed E-state index contributed by atoms with van der Waals surface area (Å²) in [5.74, 6) is -1.45. The molecule has 0 fully saturated rings. The van der Waals surface area contributed by atoms with E-state index in [0.29, 0.717) is 12.8 Å². The fourth-order valence-electron chi connectivity index (χ4n) is 3.07. The first-order chi connectivity index (χ1) is 12.2. The van der Waals surface area contributed by atoms with Crippen molar-refractivity contribution in [1.29, 1.82) is 0 Å². The van der Waals surface area contributed by atoms with Gasteiger partial charge in [-0.3, -0.25) is 4.79 Å². The van der Waals surface area contributed by atoms with Crippen LogP contribution in [0.4, 0.5) is 0 Å². The van der Waals surface area contributed by atoms with E-state index in [0.717, 1.165) is 26.2 Å². The van der Waals surface area contributed by atoms with Crippen molar-refractivity contribution in [2.24, 2.45) is 0 Å². The van der Waals surface area contributed by atoms with Crippen LogP contribution in [0.2, 0.25) is 0 Å². The summed E-state index contributed by atoms with van der Waals surface area (Å²) in [6.45, 7) is 2.12. The molecule has 0 aromatic rings. The summed E-state index contributed by atoms with van der Waals surface area (Å²) in [7, 11) is -4.25. The molecule has 2 atom stereocenters. The van der Waals surface area contributed by atoms with Gasteiger partial charge in [-0.1, -0.05) is 77.6 Å². The molecule has 7 heteroatoms. The third-order valence-electron chi connectivity index (χ3n) is 4.87. The van der Waals surface area contributed by atoms with Gasteiger partial charge in [-0.15, -0.1) is 0 Å². The number of carbonyl (C=O) groups excluding carboxylic acids is 1. The molecule has 3 N–H and O–H groups in total. The number of rotatable bonds is 17. The summed E-state index contributed by atoms with van der Waals surface area (Å²) < 4.78 is 24.5. The van der Waals surface area contributed by atoms with Crippen LogP contribution >= 0.6 is 0 Å². The van der Waals surface area contributed by atoms with Gasteiger partial charge < -0.3 is 15.3 Å². The van der Waals surface area contributed by atoms with Gasteiger partial charge in [-0.05, 0) is 13.3 Å². The minimum Gasteiger partial charge on any atom is -0.394 e. The van der Waals surface area contributed by atoms with Gasteiger partial charge in [0.1, 0.15) is 6.10 Å². The van der Waals surface area contributed by atoms with Crippen LogP contribution in [-0.2, 0) is 14.6 Å². The van der Waals surface area contributed by atoms with E-state index in [4.69, 9.17) is 5.11 Å². The van der Waals surface area contributed by atoms with E-state index in [1.54, 1.807) is 0 Å². The van der Waals surface area contributed by atoms with Crippen LogP contribution in [0.15, 0.2) is 0 Å². The van der Waals surface area contributed by atoms with E-state index in [-0.39, 0.29) is 5.75 Å². The molecule has 0 aromatic carbocycles. The number of hydrogen-bond acceptors (Lipinski definition) is 6. The summed E-state index contributed by atoms with van der Waals surface area (Å²) in [5, 5.41) is 28.6. The maximum atomic E-state index is 12.2. The molecule has 26 heavy (non-hydrogen) atoms. The van der Waals surface area contributed by atoms with Gasteiger partial charge >= 0.3 is 0 Å². The van der Waals surface area contributed by atoms with Crippen LogP contribution in [0.3, 0.4) is 0 Å². The number of aliphatic hydroxyl groups is 3. The summed E-state index contributed by atoms with van der Waals surface area (Å²) >= 11 is 0. The Morgan fingerprint density at radius 1 is 0.885 bits per heavy atom. The summed E-state index contributed by atoms with van der Waals surface area (Å²) in [5.41, 5.74) is 0. The van der Waals surface area contributed by atoms with Crippen LogP contribution in [0.1, 0.15) is 90.9 Å². The highest BCUT2D eigenvalue weighted by Crippen LogP contribution is 2.23. The number of unbranched alkanes of at least 4 members (excludes halogenated alkanes) is 11. The molecule has 0 amide bonds. The van der Waals surface area contributed by atoms with Crippen molar-refractivity contribution in [3.05, 3.63) is 0 Å². The predicted octanol–water partition coefficient (Wildman–Crippen LogP) is 2.73. The Morgan fingerprint density at radius 2 is 1.27 bits per heavy atom. The molecule has 2 unspecified atom stereocenters. The second-order valence-corrected chi connectivity index (χ2v) is 9.42. The molecule has 6 nitrogen and oxygen atoms in total. The predicted molar refractivity (Wildman–Crippen MR) is 104 cm³/mol. The van der Waals surface area contributed by atoms with Crippen LogP contribution in [-0.4, -0.2) is 52.9 Å². The highest BCUT2D eigenvalue weighted by atomic mass is 32.2. The van der Waals surface area contributed by atoms with E-state index in [9.17, 15) is 23.4 Å². The third-order valence-corrected chi connectivity index (χ3v) is 7.20. The van der Waals surface area contributed by atoms with Gasteiger partial charge in [-0.2, -0.15) is 0 Å². The largest absolute Gasteiger partial charge is 0.394 e. The van der Waals surface area contributed by atoms with Crippen molar-refractivity contribution in [3.8, 4) is 0 Å². The average Bonchev–Trinajstić information content (AvgIpc) is 2.60. The molecule has 0 bridgehead atoms. The SMILES string of the molecule is CCCCCCCCCCCCCCS(=O)(=O)C(O)(C(C)=O)C(O)CO. The normalized spacial score (nSPS) is 15.6. The molecule has 0 aliphatic heterocycles. The molecule has 0 spiro atoms. The topological polar surface area (TPSA) is 112 Å². The summed E-state index contributed by atoms with van der Waals surface area (Å²) in [4.78, 5) is 8.61. The molecule has 0 aliphatic carbocycles. The zero-order chi connectivity index (χ0) is 20.1. The fraction of sp³-hybridized carbons (Fsp3) is 0.947. The molecule has 0 saturated carbocycles. The zero-order valence-corrected chi connectivity index (χ0v) is 17.3. The van der Waals surface area contributed by atoms with Gasteiger partial charge in [-0.25, -0.2) is 8.42 Å². The first-order valence-electron chi connectivity index (χ1n) is 9.98. The molecule has 0 heterocycles. The van der Waals surface area contributed by atoms with Crippen molar-refractivity contribution in [1.82, 2.24) is 0 Å². The molecular weight excluding hydrogens is 356 g/mol. The standard InChI is InChI=1S/C19H38O6S/c1-3-4-5-6-7-8-9-10-11-12-13-14-15-26(24,25)19(23,17(2)21)18(22)16-20/h18,20,22-23H,3-16H2,1-2H3. The number of hydrogen-bond donors (Lipinski definition) is 3. The lowest BCUT2D eigenvalue weighted by molar-refractivity contribution is -0.137. The van der Waals surface area contributed by atoms with E-state index in [1.165, 1.54) is 44.9 Å². The molecule has 0 rings (SSSR count). The quantitative estimate of drug-likeness (QED) is 0.327. The molecule has 156 valence electrons. The van der Waals surface area contributed by atoms with E-state index in [1.807, 2.05) is 0 Å². The molecular formula is C19H38O6S. The zero-order valence-electron chi connectivity index (χ0n) is 16.5. The average molecular weight is 395 g/mol. The summed E-state index contributed by atoms with van der Waals surface area (Å²) in [6.07, 6.45) is 11.0. The van der Waals surface area contributed by atoms with Crippen LogP contribution in [0.5, 0.6) is 0 Å². The first-order valence-corrected chi connectivity index (χ1v) is 11.6. The van der Waals surface area contributed by atoms with Crippen molar-refractivity contribution in [2.45, 2.75) is 102 Å². The van der Waals surface area contributed by atoms with Crippen molar-refractivity contribution < 1.29 is 28.5 Å². The number of carbonyl (C=O) groups is 1. The Balaban J connectivity index is 3.97. The number of ketones is 1. The van der Waals surface area contributed by atoms with Gasteiger partial charge in [0.15, 0.2) is 15.6 Å². The Kier molecular flexibility index (Phi) is 13.4. The lowest BCUT2D eigenvalue weighted by atomic mass is 10.1. The monoisotopic (exact) mass is 394 g/mol. The summed E-state index contributed by atoms with van der Waals surface area (Å²) in [6, 6.07) is 0. The Bertz CT molecular complexity index is 476. The third kappa shape index (κ3) is 8.46. The fourth-order valence-corrected chi connectivity index (χ4v) is 4.90. The number of Topliss-reactive ketones (excluding diaryl/α,β-unsaturated/α-hetero) is 1.